The van der Waals surface area contributed by atoms with Gasteiger partial charge in [-0.2, -0.15) is 0 Å². The Balaban J connectivity index is 2.19. The lowest BCUT2D eigenvalue weighted by Gasteiger charge is -2.36. The zero-order valence-electron chi connectivity index (χ0n) is 14.7. The minimum absolute atomic E-state index is 0.263. The summed E-state index contributed by atoms with van der Waals surface area (Å²) in [4.78, 5) is 0. The van der Waals surface area contributed by atoms with Crippen molar-refractivity contribution in [2.45, 2.75) is 65.4 Å². The fourth-order valence-electron chi connectivity index (χ4n) is 3.82. The third-order valence-electron chi connectivity index (χ3n) is 5.23. The lowest BCUT2D eigenvalue weighted by atomic mass is 9.70. The van der Waals surface area contributed by atoms with Crippen molar-refractivity contribution < 1.29 is 9.84 Å². The minimum Gasteiger partial charge on any atom is -0.496 e. The van der Waals surface area contributed by atoms with Gasteiger partial charge in [0.1, 0.15) is 5.75 Å². The smallest absolute Gasteiger partial charge is 0.124 e. The summed E-state index contributed by atoms with van der Waals surface area (Å²) in [7, 11) is 1.66. The molecule has 1 aliphatic carbocycles. The van der Waals surface area contributed by atoms with E-state index >= 15 is 0 Å². The quantitative estimate of drug-likeness (QED) is 0.757. The van der Waals surface area contributed by atoms with E-state index in [-0.39, 0.29) is 5.41 Å². The normalized spacial score (nSPS) is 20.6. The van der Waals surface area contributed by atoms with E-state index in [1.165, 1.54) is 30.4 Å². The Kier molecular flexibility index (Phi) is 5.01. The Labute approximate surface area is 135 Å². The summed E-state index contributed by atoms with van der Waals surface area (Å²) in [6, 6.07) is 7.78. The summed E-state index contributed by atoms with van der Waals surface area (Å²) in [5, 5.41) is 11.0. The van der Waals surface area contributed by atoms with E-state index < -0.39 is 5.60 Å². The Morgan fingerprint density at radius 3 is 2.59 bits per heavy atom. The monoisotopic (exact) mass is 302 g/mol. The summed E-state index contributed by atoms with van der Waals surface area (Å²) >= 11 is 0. The van der Waals surface area contributed by atoms with Crippen LogP contribution in [0.2, 0.25) is 0 Å². The van der Waals surface area contributed by atoms with E-state index in [9.17, 15) is 5.11 Å². The van der Waals surface area contributed by atoms with Crippen LogP contribution in [0.5, 0.6) is 5.75 Å². The molecular weight excluding hydrogens is 272 g/mol. The van der Waals surface area contributed by atoms with Gasteiger partial charge >= 0.3 is 0 Å². The van der Waals surface area contributed by atoms with Gasteiger partial charge in [0.05, 0.1) is 12.7 Å². The van der Waals surface area contributed by atoms with Crippen molar-refractivity contribution in [1.82, 2.24) is 0 Å². The minimum atomic E-state index is -0.868. The van der Waals surface area contributed by atoms with Crippen molar-refractivity contribution in [3.8, 4) is 5.75 Å². The summed E-state index contributed by atoms with van der Waals surface area (Å²) in [6.45, 7) is 8.83. The molecule has 1 atom stereocenters. The second-order valence-corrected chi connectivity index (χ2v) is 7.47. The van der Waals surface area contributed by atoms with Crippen LogP contribution in [0.4, 0.5) is 0 Å². The van der Waals surface area contributed by atoms with Crippen LogP contribution >= 0.6 is 0 Å². The number of benzene rings is 1. The van der Waals surface area contributed by atoms with Crippen molar-refractivity contribution in [3.63, 3.8) is 0 Å². The molecule has 2 rings (SSSR count). The van der Waals surface area contributed by atoms with Gasteiger partial charge in [0, 0.05) is 5.56 Å². The van der Waals surface area contributed by atoms with E-state index in [2.05, 4.69) is 20.8 Å². The molecule has 0 saturated heterocycles. The van der Waals surface area contributed by atoms with E-state index in [1.54, 1.807) is 7.11 Å². The first-order valence-electron chi connectivity index (χ1n) is 8.33. The maximum Gasteiger partial charge on any atom is 0.124 e. The van der Waals surface area contributed by atoms with Crippen LogP contribution in [0.15, 0.2) is 35.4 Å². The predicted octanol–water partition coefficient (Wildman–Crippen LogP) is 5.21. The highest BCUT2D eigenvalue weighted by molar-refractivity contribution is 5.37. The van der Waals surface area contributed by atoms with Crippen molar-refractivity contribution in [3.05, 3.63) is 41.0 Å². The number of hydrogen-bond donors (Lipinski definition) is 1. The molecule has 1 aromatic carbocycles. The van der Waals surface area contributed by atoms with Crippen LogP contribution in [-0.2, 0) is 5.60 Å². The molecule has 0 fully saturated rings. The van der Waals surface area contributed by atoms with E-state index in [4.69, 9.17) is 4.74 Å². The molecule has 0 aromatic heterocycles. The summed E-state index contributed by atoms with van der Waals surface area (Å²) < 4.78 is 5.41. The van der Waals surface area contributed by atoms with E-state index in [1.807, 2.05) is 31.2 Å². The molecule has 22 heavy (non-hydrogen) atoms. The molecular formula is C20H30O2. The third-order valence-corrected chi connectivity index (χ3v) is 5.23. The van der Waals surface area contributed by atoms with Gasteiger partial charge in [0.15, 0.2) is 0 Å². The number of rotatable bonds is 5. The third kappa shape index (κ3) is 3.55. The van der Waals surface area contributed by atoms with Gasteiger partial charge in [0.25, 0.3) is 0 Å². The number of aliphatic hydroxyl groups is 1. The molecule has 1 N–H and O–H groups in total. The SMILES string of the molecule is COc1ccccc1C(C)(O)CCC1=C(C)CCCC1(C)C. The molecule has 0 radical (unpaired) electrons. The number of para-hydroxylation sites is 1. The average Bonchev–Trinajstić information content (AvgIpc) is 2.46. The number of ether oxygens (including phenoxy) is 1. The summed E-state index contributed by atoms with van der Waals surface area (Å²) in [5.74, 6) is 0.765. The topological polar surface area (TPSA) is 29.5 Å². The van der Waals surface area contributed by atoms with Gasteiger partial charge in [-0.1, -0.05) is 43.2 Å². The molecule has 0 saturated carbocycles. The van der Waals surface area contributed by atoms with Gasteiger partial charge in [-0.25, -0.2) is 0 Å². The molecule has 1 aromatic rings. The van der Waals surface area contributed by atoms with Gasteiger partial charge in [-0.3, -0.25) is 0 Å². The van der Waals surface area contributed by atoms with Crippen LogP contribution in [0, 0.1) is 5.41 Å². The van der Waals surface area contributed by atoms with Gasteiger partial charge in [-0.05, 0) is 57.4 Å². The Morgan fingerprint density at radius 2 is 1.95 bits per heavy atom. The molecule has 1 aliphatic rings. The maximum absolute atomic E-state index is 11.0. The largest absolute Gasteiger partial charge is 0.496 e. The summed E-state index contributed by atoms with van der Waals surface area (Å²) in [5.41, 5.74) is 3.33. The molecule has 0 amide bonds. The van der Waals surface area contributed by atoms with Crippen molar-refractivity contribution in [1.29, 1.82) is 0 Å². The molecule has 0 bridgehead atoms. The molecule has 2 nitrogen and oxygen atoms in total. The van der Waals surface area contributed by atoms with Gasteiger partial charge < -0.3 is 9.84 Å². The zero-order valence-corrected chi connectivity index (χ0v) is 14.7. The van der Waals surface area contributed by atoms with Crippen LogP contribution in [-0.4, -0.2) is 12.2 Å². The zero-order chi connectivity index (χ0) is 16.4. The van der Waals surface area contributed by atoms with Crippen molar-refractivity contribution in [2.75, 3.05) is 7.11 Å². The van der Waals surface area contributed by atoms with Crippen molar-refractivity contribution in [2.24, 2.45) is 5.41 Å². The fourth-order valence-corrected chi connectivity index (χ4v) is 3.82. The van der Waals surface area contributed by atoms with Crippen LogP contribution in [0.1, 0.15) is 65.4 Å². The Morgan fingerprint density at radius 1 is 1.27 bits per heavy atom. The summed E-state index contributed by atoms with van der Waals surface area (Å²) in [6.07, 6.45) is 5.41. The number of allylic oxidation sites excluding steroid dienone is 2. The standard InChI is InChI=1S/C20H30O2/c1-15-9-8-13-19(2,3)16(15)12-14-20(4,21)17-10-6-7-11-18(17)22-5/h6-7,10-11,21H,8-9,12-14H2,1-5H3. The molecule has 0 spiro atoms. The predicted molar refractivity (Wildman–Crippen MR) is 92.1 cm³/mol. The molecule has 0 aliphatic heterocycles. The number of hydrogen-bond acceptors (Lipinski definition) is 2. The average molecular weight is 302 g/mol. The second-order valence-electron chi connectivity index (χ2n) is 7.47. The Hall–Kier alpha value is -1.28. The van der Waals surface area contributed by atoms with Crippen LogP contribution in [0.25, 0.3) is 0 Å². The first kappa shape index (κ1) is 17.1. The van der Waals surface area contributed by atoms with E-state index in [0.717, 1.165) is 24.2 Å². The second kappa shape index (κ2) is 6.45. The first-order chi connectivity index (χ1) is 10.3. The highest BCUT2D eigenvalue weighted by Crippen LogP contribution is 2.44. The molecule has 122 valence electrons. The number of methoxy groups -OCH3 is 1. The molecule has 2 heteroatoms. The highest BCUT2D eigenvalue weighted by Gasteiger charge is 2.32. The first-order valence-corrected chi connectivity index (χ1v) is 8.33. The molecule has 0 heterocycles. The van der Waals surface area contributed by atoms with E-state index in [0.29, 0.717) is 0 Å². The maximum atomic E-state index is 11.0. The lowest BCUT2D eigenvalue weighted by molar-refractivity contribution is 0.0439. The van der Waals surface area contributed by atoms with Gasteiger partial charge in [0.2, 0.25) is 0 Å². The fraction of sp³-hybridized carbons (Fsp3) is 0.600. The highest BCUT2D eigenvalue weighted by atomic mass is 16.5. The van der Waals surface area contributed by atoms with Crippen LogP contribution < -0.4 is 4.74 Å². The Bertz CT molecular complexity index is 553. The van der Waals surface area contributed by atoms with Gasteiger partial charge in [-0.15, -0.1) is 0 Å². The van der Waals surface area contributed by atoms with Crippen molar-refractivity contribution >= 4 is 0 Å². The van der Waals surface area contributed by atoms with Crippen LogP contribution in [0.3, 0.4) is 0 Å². The lowest BCUT2D eigenvalue weighted by Crippen LogP contribution is -2.26. The molecule has 1 unspecified atom stereocenters.